The first-order valence-electron chi connectivity index (χ1n) is 7.61. The Bertz CT molecular complexity index is 323. The normalized spacial score (nSPS) is 20.1. The summed E-state index contributed by atoms with van der Waals surface area (Å²) in [6, 6.07) is 10.8. The summed E-state index contributed by atoms with van der Waals surface area (Å²) in [5.41, 5.74) is 8.18. The van der Waals surface area contributed by atoms with Gasteiger partial charge in [0.1, 0.15) is 0 Å². The minimum Gasteiger partial charge on any atom is -0.325 e. The lowest BCUT2D eigenvalue weighted by atomic mass is 9.81. The maximum absolute atomic E-state index is 6.59. The fourth-order valence-corrected chi connectivity index (χ4v) is 3.15. The summed E-state index contributed by atoms with van der Waals surface area (Å²) in [6.07, 6.45) is 12.9. The summed E-state index contributed by atoms with van der Waals surface area (Å²) >= 11 is 0. The fourth-order valence-electron chi connectivity index (χ4n) is 3.15. The Balaban J connectivity index is 1.77. The molecule has 1 nitrogen and oxygen atoms in total. The first kappa shape index (κ1) is 13.6. The molecule has 1 fully saturated rings. The Kier molecular flexibility index (Phi) is 5.25. The molecule has 0 heterocycles. The highest BCUT2D eigenvalue weighted by molar-refractivity contribution is 5.14. The van der Waals surface area contributed by atoms with Crippen LogP contribution in [0.4, 0.5) is 0 Å². The fraction of sp³-hybridized carbons (Fsp3) is 0.647. The van der Waals surface area contributed by atoms with Crippen molar-refractivity contribution in [3.63, 3.8) is 0 Å². The van der Waals surface area contributed by atoms with Crippen LogP contribution in [0.15, 0.2) is 30.3 Å². The van der Waals surface area contributed by atoms with E-state index in [2.05, 4.69) is 30.3 Å². The second-order valence-corrected chi connectivity index (χ2v) is 5.97. The first-order chi connectivity index (χ1) is 8.79. The lowest BCUT2D eigenvalue weighted by molar-refractivity contribution is 0.292. The third kappa shape index (κ3) is 4.45. The van der Waals surface area contributed by atoms with Gasteiger partial charge in [-0.2, -0.15) is 0 Å². The van der Waals surface area contributed by atoms with E-state index in [1.807, 2.05) is 0 Å². The SMILES string of the molecule is NC1(CCCc2ccccc2)CCCCCCC1. The van der Waals surface area contributed by atoms with E-state index in [4.69, 9.17) is 5.73 Å². The first-order valence-corrected chi connectivity index (χ1v) is 7.61. The van der Waals surface area contributed by atoms with E-state index in [9.17, 15) is 0 Å². The molecule has 18 heavy (non-hydrogen) atoms. The topological polar surface area (TPSA) is 26.0 Å². The molecule has 1 saturated carbocycles. The van der Waals surface area contributed by atoms with Gasteiger partial charge in [0.05, 0.1) is 0 Å². The van der Waals surface area contributed by atoms with Crippen molar-refractivity contribution >= 4 is 0 Å². The second kappa shape index (κ2) is 6.94. The van der Waals surface area contributed by atoms with Gasteiger partial charge in [0, 0.05) is 5.54 Å². The molecule has 0 radical (unpaired) electrons. The summed E-state index contributed by atoms with van der Waals surface area (Å²) in [6.45, 7) is 0. The summed E-state index contributed by atoms with van der Waals surface area (Å²) in [5.74, 6) is 0. The molecule has 0 unspecified atom stereocenters. The van der Waals surface area contributed by atoms with Gasteiger partial charge in [0.2, 0.25) is 0 Å². The Hall–Kier alpha value is -0.820. The van der Waals surface area contributed by atoms with Gasteiger partial charge in [-0.1, -0.05) is 62.4 Å². The van der Waals surface area contributed by atoms with Crippen LogP contribution in [-0.4, -0.2) is 5.54 Å². The van der Waals surface area contributed by atoms with Crippen LogP contribution in [0.25, 0.3) is 0 Å². The van der Waals surface area contributed by atoms with Crippen molar-refractivity contribution in [1.82, 2.24) is 0 Å². The van der Waals surface area contributed by atoms with Crippen LogP contribution in [-0.2, 0) is 6.42 Å². The Morgan fingerprint density at radius 2 is 1.50 bits per heavy atom. The van der Waals surface area contributed by atoms with Gasteiger partial charge in [-0.15, -0.1) is 0 Å². The van der Waals surface area contributed by atoms with Crippen LogP contribution in [0, 0.1) is 0 Å². The summed E-state index contributed by atoms with van der Waals surface area (Å²) in [5, 5.41) is 0. The second-order valence-electron chi connectivity index (χ2n) is 5.97. The van der Waals surface area contributed by atoms with Gasteiger partial charge in [-0.05, 0) is 37.7 Å². The maximum Gasteiger partial charge on any atom is 0.0154 e. The van der Waals surface area contributed by atoms with Crippen LogP contribution < -0.4 is 5.73 Å². The number of benzene rings is 1. The van der Waals surface area contributed by atoms with Crippen molar-refractivity contribution < 1.29 is 0 Å². The number of hydrogen-bond acceptors (Lipinski definition) is 1. The molecular weight excluding hydrogens is 218 g/mol. The van der Waals surface area contributed by atoms with E-state index in [0.717, 1.165) is 0 Å². The van der Waals surface area contributed by atoms with Crippen molar-refractivity contribution in [1.29, 1.82) is 0 Å². The Morgan fingerprint density at radius 3 is 2.17 bits per heavy atom. The molecule has 0 aliphatic heterocycles. The van der Waals surface area contributed by atoms with Crippen LogP contribution in [0.1, 0.15) is 63.4 Å². The van der Waals surface area contributed by atoms with E-state index < -0.39 is 0 Å². The molecule has 2 N–H and O–H groups in total. The minimum atomic E-state index is 0.134. The van der Waals surface area contributed by atoms with E-state index in [1.165, 1.54) is 69.8 Å². The molecule has 1 aliphatic carbocycles. The van der Waals surface area contributed by atoms with Crippen molar-refractivity contribution in [3.05, 3.63) is 35.9 Å². The van der Waals surface area contributed by atoms with Crippen molar-refractivity contribution in [2.75, 3.05) is 0 Å². The number of aryl methyl sites for hydroxylation is 1. The molecule has 1 heteroatoms. The molecule has 0 amide bonds. The zero-order valence-corrected chi connectivity index (χ0v) is 11.5. The van der Waals surface area contributed by atoms with Crippen LogP contribution in [0.2, 0.25) is 0 Å². The standard InChI is InChI=1S/C17H27N/c18-17(13-7-2-1-3-8-14-17)15-9-12-16-10-5-4-6-11-16/h4-6,10-11H,1-3,7-9,12-15,18H2. The molecule has 0 spiro atoms. The average Bonchev–Trinajstić information content (AvgIpc) is 2.36. The Morgan fingerprint density at radius 1 is 0.889 bits per heavy atom. The lowest BCUT2D eigenvalue weighted by Crippen LogP contribution is -2.40. The highest BCUT2D eigenvalue weighted by atomic mass is 14.7. The van der Waals surface area contributed by atoms with Gasteiger partial charge in [0.25, 0.3) is 0 Å². The Labute approximate surface area is 112 Å². The third-order valence-corrected chi connectivity index (χ3v) is 4.33. The van der Waals surface area contributed by atoms with Gasteiger partial charge in [-0.3, -0.25) is 0 Å². The predicted octanol–water partition coefficient (Wildman–Crippen LogP) is 4.45. The quantitative estimate of drug-likeness (QED) is 0.833. The predicted molar refractivity (Wildman–Crippen MR) is 78.6 cm³/mol. The molecule has 0 bridgehead atoms. The molecular formula is C17H27N. The van der Waals surface area contributed by atoms with Crippen molar-refractivity contribution in [2.24, 2.45) is 5.73 Å². The largest absolute Gasteiger partial charge is 0.325 e. The van der Waals surface area contributed by atoms with Crippen molar-refractivity contribution in [2.45, 2.75) is 69.7 Å². The van der Waals surface area contributed by atoms with Crippen LogP contribution in [0.5, 0.6) is 0 Å². The molecule has 1 aromatic carbocycles. The van der Waals surface area contributed by atoms with Crippen molar-refractivity contribution in [3.8, 4) is 0 Å². The molecule has 100 valence electrons. The smallest absolute Gasteiger partial charge is 0.0154 e. The zero-order chi connectivity index (χ0) is 12.7. The van der Waals surface area contributed by atoms with Gasteiger partial charge < -0.3 is 5.73 Å². The van der Waals surface area contributed by atoms with E-state index in [0.29, 0.717) is 0 Å². The summed E-state index contributed by atoms with van der Waals surface area (Å²) in [7, 11) is 0. The monoisotopic (exact) mass is 245 g/mol. The number of hydrogen-bond donors (Lipinski definition) is 1. The van der Waals surface area contributed by atoms with Crippen LogP contribution >= 0.6 is 0 Å². The zero-order valence-electron chi connectivity index (χ0n) is 11.5. The summed E-state index contributed by atoms with van der Waals surface area (Å²) in [4.78, 5) is 0. The highest BCUT2D eigenvalue weighted by Crippen LogP contribution is 2.28. The average molecular weight is 245 g/mol. The molecule has 1 aliphatic rings. The number of nitrogens with two attached hydrogens (primary N) is 1. The van der Waals surface area contributed by atoms with Gasteiger partial charge >= 0.3 is 0 Å². The molecule has 2 rings (SSSR count). The van der Waals surface area contributed by atoms with E-state index in [-0.39, 0.29) is 5.54 Å². The molecule has 0 saturated heterocycles. The highest BCUT2D eigenvalue weighted by Gasteiger charge is 2.24. The number of rotatable bonds is 4. The minimum absolute atomic E-state index is 0.134. The molecule has 0 atom stereocenters. The molecule has 1 aromatic rings. The van der Waals surface area contributed by atoms with E-state index in [1.54, 1.807) is 0 Å². The van der Waals surface area contributed by atoms with E-state index >= 15 is 0 Å². The summed E-state index contributed by atoms with van der Waals surface area (Å²) < 4.78 is 0. The van der Waals surface area contributed by atoms with Gasteiger partial charge in [-0.25, -0.2) is 0 Å². The third-order valence-electron chi connectivity index (χ3n) is 4.33. The van der Waals surface area contributed by atoms with Crippen LogP contribution in [0.3, 0.4) is 0 Å². The lowest BCUT2D eigenvalue weighted by Gasteiger charge is -2.31. The molecule has 0 aromatic heterocycles. The maximum atomic E-state index is 6.59. The van der Waals surface area contributed by atoms with Gasteiger partial charge in [0.15, 0.2) is 0 Å².